The number of aryl methyl sites for hydroxylation is 2. The van der Waals surface area contributed by atoms with Crippen molar-refractivity contribution < 1.29 is 0 Å². The Balaban J connectivity index is 2.36. The highest BCUT2D eigenvalue weighted by Crippen LogP contribution is 2.32. The van der Waals surface area contributed by atoms with Crippen molar-refractivity contribution in [3.05, 3.63) is 51.5 Å². The highest BCUT2D eigenvalue weighted by Gasteiger charge is 2.14. The molecular formula is C16H13Cl2N3. The van der Waals surface area contributed by atoms with Gasteiger partial charge in [0.25, 0.3) is 0 Å². The molecular weight excluding hydrogens is 305 g/mol. The molecule has 21 heavy (non-hydrogen) atoms. The molecule has 1 heterocycles. The minimum absolute atomic E-state index is 0.377. The second kappa shape index (κ2) is 5.17. The lowest BCUT2D eigenvalue weighted by Gasteiger charge is -2.11. The first kappa shape index (κ1) is 14.1. The second-order valence-corrected chi connectivity index (χ2v) is 5.83. The van der Waals surface area contributed by atoms with Gasteiger partial charge >= 0.3 is 0 Å². The van der Waals surface area contributed by atoms with Gasteiger partial charge in [-0.2, -0.15) is 0 Å². The SMILES string of the molecule is Cc1cccc(C)c1-c1nc(N)c2cc(Cl)cc(Cl)c2n1. The van der Waals surface area contributed by atoms with Gasteiger partial charge in [-0.05, 0) is 37.1 Å². The van der Waals surface area contributed by atoms with Gasteiger partial charge in [-0.15, -0.1) is 0 Å². The normalized spacial score (nSPS) is 11.0. The fourth-order valence-electron chi connectivity index (χ4n) is 2.46. The Hall–Kier alpha value is -1.84. The Morgan fingerprint density at radius 1 is 1.00 bits per heavy atom. The van der Waals surface area contributed by atoms with Crippen LogP contribution in [0.3, 0.4) is 0 Å². The lowest BCUT2D eigenvalue weighted by atomic mass is 10.0. The summed E-state index contributed by atoms with van der Waals surface area (Å²) in [5.74, 6) is 0.960. The van der Waals surface area contributed by atoms with Gasteiger partial charge in [-0.3, -0.25) is 0 Å². The summed E-state index contributed by atoms with van der Waals surface area (Å²) in [6.45, 7) is 4.05. The zero-order chi connectivity index (χ0) is 15.1. The Bertz CT molecular complexity index is 840. The summed E-state index contributed by atoms with van der Waals surface area (Å²) in [5, 5.41) is 1.66. The lowest BCUT2D eigenvalue weighted by Crippen LogP contribution is -2.00. The molecule has 0 bridgehead atoms. The number of hydrogen-bond acceptors (Lipinski definition) is 3. The number of aromatic nitrogens is 2. The maximum atomic E-state index is 6.24. The molecule has 0 radical (unpaired) electrons. The number of fused-ring (bicyclic) bond motifs is 1. The first-order valence-electron chi connectivity index (χ1n) is 6.46. The Morgan fingerprint density at radius 2 is 1.67 bits per heavy atom. The van der Waals surface area contributed by atoms with Gasteiger partial charge in [0.05, 0.1) is 10.5 Å². The zero-order valence-electron chi connectivity index (χ0n) is 11.6. The van der Waals surface area contributed by atoms with Gasteiger partial charge in [-0.1, -0.05) is 41.4 Å². The molecule has 0 aliphatic carbocycles. The van der Waals surface area contributed by atoms with Gasteiger partial charge in [-0.25, -0.2) is 9.97 Å². The van der Waals surface area contributed by atoms with E-state index in [0.29, 0.717) is 32.6 Å². The third-order valence-electron chi connectivity index (χ3n) is 3.45. The van der Waals surface area contributed by atoms with E-state index in [4.69, 9.17) is 28.9 Å². The molecule has 0 atom stereocenters. The van der Waals surface area contributed by atoms with Crippen LogP contribution in [-0.4, -0.2) is 9.97 Å². The summed E-state index contributed by atoms with van der Waals surface area (Å²) in [7, 11) is 0. The fourth-order valence-corrected chi connectivity index (χ4v) is 2.99. The Labute approximate surface area is 132 Å². The molecule has 0 aliphatic rings. The van der Waals surface area contributed by atoms with Crippen molar-refractivity contribution >= 4 is 39.9 Å². The molecule has 2 N–H and O–H groups in total. The van der Waals surface area contributed by atoms with Crippen molar-refractivity contribution in [3.63, 3.8) is 0 Å². The maximum absolute atomic E-state index is 6.24. The molecule has 5 heteroatoms. The fraction of sp³-hybridized carbons (Fsp3) is 0.125. The van der Waals surface area contributed by atoms with E-state index < -0.39 is 0 Å². The minimum atomic E-state index is 0.377. The number of nitrogens with zero attached hydrogens (tertiary/aromatic N) is 2. The van der Waals surface area contributed by atoms with Gasteiger partial charge in [0.2, 0.25) is 0 Å². The van der Waals surface area contributed by atoms with E-state index in [9.17, 15) is 0 Å². The van der Waals surface area contributed by atoms with E-state index in [1.54, 1.807) is 12.1 Å². The molecule has 2 aromatic carbocycles. The number of nitrogens with two attached hydrogens (primary N) is 1. The zero-order valence-corrected chi connectivity index (χ0v) is 13.1. The molecule has 106 valence electrons. The highest BCUT2D eigenvalue weighted by molar-refractivity contribution is 6.38. The van der Waals surface area contributed by atoms with Crippen molar-refractivity contribution in [2.75, 3.05) is 5.73 Å². The molecule has 3 rings (SSSR count). The number of halogens is 2. The first-order valence-corrected chi connectivity index (χ1v) is 7.22. The molecule has 0 amide bonds. The van der Waals surface area contributed by atoms with Gasteiger partial charge in [0.15, 0.2) is 5.82 Å². The van der Waals surface area contributed by atoms with Crippen LogP contribution in [0.1, 0.15) is 11.1 Å². The number of rotatable bonds is 1. The molecule has 0 saturated heterocycles. The third kappa shape index (κ3) is 2.43. The summed E-state index contributed by atoms with van der Waals surface area (Å²) in [6.07, 6.45) is 0. The summed E-state index contributed by atoms with van der Waals surface area (Å²) >= 11 is 12.3. The van der Waals surface area contributed by atoms with Crippen LogP contribution in [0.2, 0.25) is 10.0 Å². The van der Waals surface area contributed by atoms with Gasteiger partial charge < -0.3 is 5.73 Å². The van der Waals surface area contributed by atoms with Crippen LogP contribution in [0.25, 0.3) is 22.3 Å². The summed E-state index contributed by atoms with van der Waals surface area (Å²) in [6, 6.07) is 9.44. The predicted octanol–water partition coefficient (Wildman–Crippen LogP) is 4.80. The number of hydrogen-bond donors (Lipinski definition) is 1. The first-order chi connectivity index (χ1) is 9.97. The topological polar surface area (TPSA) is 51.8 Å². The summed E-state index contributed by atoms with van der Waals surface area (Å²) in [4.78, 5) is 9.01. The average Bonchev–Trinajstić information content (AvgIpc) is 2.40. The van der Waals surface area contributed by atoms with Crippen molar-refractivity contribution in [2.45, 2.75) is 13.8 Å². The molecule has 0 unspecified atom stereocenters. The molecule has 3 aromatic rings. The minimum Gasteiger partial charge on any atom is -0.383 e. The van der Waals surface area contributed by atoms with E-state index in [-0.39, 0.29) is 0 Å². The summed E-state index contributed by atoms with van der Waals surface area (Å²) in [5.41, 5.74) is 9.86. The molecule has 0 spiro atoms. The van der Waals surface area contributed by atoms with Crippen LogP contribution in [0.15, 0.2) is 30.3 Å². The van der Waals surface area contributed by atoms with E-state index >= 15 is 0 Å². The number of benzene rings is 2. The standard InChI is InChI=1S/C16H13Cl2N3/c1-8-4-3-5-9(2)13(8)16-20-14-11(15(19)21-16)6-10(17)7-12(14)18/h3-7H,1-2H3,(H2,19,20,21). The average molecular weight is 318 g/mol. The lowest BCUT2D eigenvalue weighted by molar-refractivity contribution is 1.20. The van der Waals surface area contributed by atoms with Crippen molar-refractivity contribution in [1.29, 1.82) is 0 Å². The van der Waals surface area contributed by atoms with Crippen LogP contribution in [0.5, 0.6) is 0 Å². The Kier molecular flexibility index (Phi) is 3.47. The smallest absolute Gasteiger partial charge is 0.162 e. The van der Waals surface area contributed by atoms with Crippen molar-refractivity contribution in [1.82, 2.24) is 9.97 Å². The molecule has 1 aromatic heterocycles. The van der Waals surface area contributed by atoms with Crippen LogP contribution in [-0.2, 0) is 0 Å². The Morgan fingerprint density at radius 3 is 2.33 bits per heavy atom. The van der Waals surface area contributed by atoms with E-state index in [2.05, 4.69) is 9.97 Å². The van der Waals surface area contributed by atoms with E-state index in [0.717, 1.165) is 16.7 Å². The molecule has 3 nitrogen and oxygen atoms in total. The highest BCUT2D eigenvalue weighted by atomic mass is 35.5. The predicted molar refractivity (Wildman–Crippen MR) is 88.9 cm³/mol. The molecule has 0 fully saturated rings. The van der Waals surface area contributed by atoms with E-state index in [1.165, 1.54) is 0 Å². The number of anilines is 1. The van der Waals surface area contributed by atoms with Crippen molar-refractivity contribution in [3.8, 4) is 11.4 Å². The molecule has 0 saturated carbocycles. The second-order valence-electron chi connectivity index (χ2n) is 4.98. The largest absolute Gasteiger partial charge is 0.383 e. The number of nitrogen functional groups attached to an aromatic ring is 1. The van der Waals surface area contributed by atoms with Crippen LogP contribution >= 0.6 is 23.2 Å². The summed E-state index contributed by atoms with van der Waals surface area (Å²) < 4.78 is 0. The van der Waals surface area contributed by atoms with Crippen LogP contribution in [0, 0.1) is 13.8 Å². The van der Waals surface area contributed by atoms with Crippen LogP contribution in [0.4, 0.5) is 5.82 Å². The van der Waals surface area contributed by atoms with Gasteiger partial charge in [0, 0.05) is 16.0 Å². The molecule has 0 aliphatic heterocycles. The third-order valence-corrected chi connectivity index (χ3v) is 3.96. The van der Waals surface area contributed by atoms with Crippen LogP contribution < -0.4 is 5.73 Å². The van der Waals surface area contributed by atoms with Crippen molar-refractivity contribution in [2.24, 2.45) is 0 Å². The van der Waals surface area contributed by atoms with E-state index in [1.807, 2.05) is 32.0 Å². The monoisotopic (exact) mass is 317 g/mol. The maximum Gasteiger partial charge on any atom is 0.162 e. The van der Waals surface area contributed by atoms with Gasteiger partial charge in [0.1, 0.15) is 5.82 Å². The quantitative estimate of drug-likeness (QED) is 0.701.